The number of pyridine rings is 1. The van der Waals surface area contributed by atoms with Gasteiger partial charge in [0.1, 0.15) is 10.6 Å². The van der Waals surface area contributed by atoms with Gasteiger partial charge in [-0.25, -0.2) is 4.98 Å². The third-order valence-electron chi connectivity index (χ3n) is 3.38. The first-order chi connectivity index (χ1) is 10.7. The van der Waals surface area contributed by atoms with Crippen LogP contribution in [0.1, 0.15) is 31.3 Å². The van der Waals surface area contributed by atoms with E-state index in [0.29, 0.717) is 21.1 Å². The van der Waals surface area contributed by atoms with Crippen molar-refractivity contribution in [3.63, 3.8) is 0 Å². The monoisotopic (exact) mass is 307 g/mol. The van der Waals surface area contributed by atoms with Crippen molar-refractivity contribution < 1.29 is 9.59 Å². The highest BCUT2D eigenvalue weighted by Gasteiger charge is 2.33. The Labute approximate surface area is 129 Å². The topological polar surface area (TPSA) is 72.0 Å². The largest absolute Gasteiger partial charge is 0.330 e. The molecule has 0 bridgehead atoms. The van der Waals surface area contributed by atoms with Crippen LogP contribution in [-0.4, -0.2) is 21.5 Å². The Kier molecular flexibility index (Phi) is 2.83. The number of carbonyl (C=O) groups excluding carboxylic acids is 2. The predicted octanol–water partition coefficient (Wildman–Crippen LogP) is 3.06. The molecule has 0 aliphatic heterocycles. The Morgan fingerprint density at radius 3 is 2.45 bits per heavy atom. The summed E-state index contributed by atoms with van der Waals surface area (Å²) in [6.45, 7) is 0. The molecule has 0 amide bonds. The lowest BCUT2D eigenvalue weighted by molar-refractivity contribution is 0.0979. The van der Waals surface area contributed by atoms with Crippen molar-refractivity contribution in [3.05, 3.63) is 70.5 Å². The Morgan fingerprint density at radius 2 is 1.73 bits per heavy atom. The molecule has 0 saturated carbocycles. The highest BCUT2D eigenvalue weighted by molar-refractivity contribution is 7.18. The molecule has 1 aliphatic rings. The van der Waals surface area contributed by atoms with Gasteiger partial charge in [-0.15, -0.1) is 0 Å². The van der Waals surface area contributed by atoms with Crippen LogP contribution in [0.2, 0.25) is 0 Å². The first-order valence-electron chi connectivity index (χ1n) is 6.60. The second-order valence-corrected chi connectivity index (χ2v) is 5.77. The number of thiazole rings is 1. The van der Waals surface area contributed by atoms with Crippen LogP contribution in [0.5, 0.6) is 0 Å². The van der Waals surface area contributed by atoms with E-state index in [1.165, 1.54) is 11.3 Å². The van der Waals surface area contributed by atoms with Gasteiger partial charge in [-0.1, -0.05) is 35.6 Å². The molecule has 3 aromatic rings. The van der Waals surface area contributed by atoms with Crippen molar-refractivity contribution in [2.45, 2.75) is 0 Å². The number of hydrogen-bond donors (Lipinski definition) is 1. The van der Waals surface area contributed by atoms with Crippen molar-refractivity contribution in [3.8, 4) is 0 Å². The summed E-state index contributed by atoms with van der Waals surface area (Å²) in [4.78, 5) is 33.6. The Morgan fingerprint density at radius 1 is 0.955 bits per heavy atom. The van der Waals surface area contributed by atoms with E-state index in [9.17, 15) is 9.59 Å². The smallest absolute Gasteiger partial charge is 0.213 e. The molecule has 0 spiro atoms. The predicted molar refractivity (Wildman–Crippen MR) is 82.9 cm³/mol. The summed E-state index contributed by atoms with van der Waals surface area (Å²) in [6.07, 6.45) is 3.32. The zero-order valence-electron chi connectivity index (χ0n) is 11.2. The number of nitrogens with zero attached hydrogens (tertiary/aromatic N) is 2. The van der Waals surface area contributed by atoms with Gasteiger partial charge in [-0.3, -0.25) is 14.6 Å². The van der Waals surface area contributed by atoms with Crippen LogP contribution in [0, 0.1) is 0 Å². The molecular weight excluding hydrogens is 298 g/mol. The van der Waals surface area contributed by atoms with E-state index in [1.807, 2.05) is 6.07 Å². The van der Waals surface area contributed by atoms with Gasteiger partial charge < -0.3 is 5.32 Å². The highest BCUT2D eigenvalue weighted by atomic mass is 32.1. The first-order valence-corrected chi connectivity index (χ1v) is 7.42. The van der Waals surface area contributed by atoms with E-state index >= 15 is 0 Å². The maximum atomic E-state index is 12.5. The minimum atomic E-state index is -0.208. The number of aromatic nitrogens is 2. The first kappa shape index (κ1) is 12.8. The molecule has 1 aliphatic carbocycles. The average molecular weight is 307 g/mol. The van der Waals surface area contributed by atoms with Gasteiger partial charge in [0.15, 0.2) is 5.13 Å². The summed E-state index contributed by atoms with van der Waals surface area (Å²) in [5.74, 6) is -0.359. The molecule has 2 aromatic heterocycles. The quantitative estimate of drug-likeness (QED) is 0.616. The molecule has 106 valence electrons. The summed E-state index contributed by atoms with van der Waals surface area (Å²) in [5, 5.41) is 3.58. The molecule has 1 N–H and O–H groups in total. The minimum absolute atomic E-state index is 0.151. The molecule has 4 rings (SSSR count). The van der Waals surface area contributed by atoms with Crippen LogP contribution in [0.4, 0.5) is 10.8 Å². The molecule has 5 nitrogen and oxygen atoms in total. The maximum absolute atomic E-state index is 12.5. The Bertz CT molecular complexity index is 850. The molecule has 0 saturated heterocycles. The summed E-state index contributed by atoms with van der Waals surface area (Å²) in [7, 11) is 0. The van der Waals surface area contributed by atoms with E-state index in [0.717, 1.165) is 5.69 Å². The SMILES string of the molecule is O=C1c2ccccc2C(=O)c2sc(Nc3cccnc3)nc21. The van der Waals surface area contributed by atoms with Crippen molar-refractivity contribution >= 4 is 33.7 Å². The lowest BCUT2D eigenvalue weighted by atomic mass is 9.91. The molecule has 0 atom stereocenters. The van der Waals surface area contributed by atoms with Gasteiger partial charge in [0.2, 0.25) is 11.6 Å². The van der Waals surface area contributed by atoms with Gasteiger partial charge in [-0.2, -0.15) is 0 Å². The Balaban J connectivity index is 1.77. The number of benzene rings is 1. The molecule has 0 radical (unpaired) electrons. The summed E-state index contributed by atoms with van der Waals surface area (Å²) in [6, 6.07) is 10.5. The number of ketones is 2. The number of fused-ring (bicyclic) bond motifs is 2. The normalized spacial score (nSPS) is 12.7. The van der Waals surface area contributed by atoms with E-state index in [-0.39, 0.29) is 17.3 Å². The van der Waals surface area contributed by atoms with Crippen LogP contribution in [0.15, 0.2) is 48.8 Å². The van der Waals surface area contributed by atoms with Gasteiger partial charge in [0.05, 0.1) is 11.9 Å². The zero-order valence-corrected chi connectivity index (χ0v) is 12.1. The maximum Gasteiger partial charge on any atom is 0.213 e. The molecule has 0 unspecified atom stereocenters. The molecular formula is C16H9N3O2S. The van der Waals surface area contributed by atoms with E-state index in [2.05, 4.69) is 15.3 Å². The van der Waals surface area contributed by atoms with Gasteiger partial charge in [0, 0.05) is 17.3 Å². The third-order valence-corrected chi connectivity index (χ3v) is 4.35. The van der Waals surface area contributed by atoms with Gasteiger partial charge in [0.25, 0.3) is 0 Å². The number of rotatable bonds is 2. The lowest BCUT2D eigenvalue weighted by Crippen LogP contribution is -2.19. The van der Waals surface area contributed by atoms with Crippen molar-refractivity contribution in [1.29, 1.82) is 0 Å². The summed E-state index contributed by atoms with van der Waals surface area (Å²) in [5.41, 5.74) is 1.83. The van der Waals surface area contributed by atoms with Crippen LogP contribution < -0.4 is 5.32 Å². The van der Waals surface area contributed by atoms with Crippen molar-refractivity contribution in [2.24, 2.45) is 0 Å². The fourth-order valence-electron chi connectivity index (χ4n) is 2.37. The van der Waals surface area contributed by atoms with Gasteiger partial charge in [-0.05, 0) is 12.1 Å². The summed E-state index contributed by atoms with van der Waals surface area (Å²) >= 11 is 1.19. The highest BCUT2D eigenvalue weighted by Crippen LogP contribution is 2.33. The molecule has 0 fully saturated rings. The zero-order chi connectivity index (χ0) is 15.1. The number of hydrogen-bond acceptors (Lipinski definition) is 6. The van der Waals surface area contributed by atoms with Crippen molar-refractivity contribution in [2.75, 3.05) is 5.32 Å². The standard InChI is InChI=1S/C16H9N3O2S/c20-13-10-5-1-2-6-11(10)14(21)15-12(13)19-16(22-15)18-9-4-3-7-17-8-9/h1-8H,(H,18,19). The van der Waals surface area contributed by atoms with E-state index in [1.54, 1.807) is 42.7 Å². The summed E-state index contributed by atoms with van der Waals surface area (Å²) < 4.78 is 0. The van der Waals surface area contributed by atoms with Gasteiger partial charge >= 0.3 is 0 Å². The minimum Gasteiger partial charge on any atom is -0.330 e. The number of anilines is 2. The molecule has 2 heterocycles. The van der Waals surface area contributed by atoms with E-state index < -0.39 is 0 Å². The molecule has 1 aromatic carbocycles. The molecule has 22 heavy (non-hydrogen) atoms. The second kappa shape index (κ2) is 4.85. The number of nitrogens with one attached hydrogen (secondary N) is 1. The number of carbonyl (C=O) groups is 2. The molecule has 6 heteroatoms. The second-order valence-electron chi connectivity index (χ2n) is 4.77. The fraction of sp³-hybridized carbons (Fsp3) is 0. The van der Waals surface area contributed by atoms with Crippen LogP contribution in [0.25, 0.3) is 0 Å². The Hall–Kier alpha value is -2.86. The van der Waals surface area contributed by atoms with Crippen molar-refractivity contribution in [1.82, 2.24) is 9.97 Å². The van der Waals surface area contributed by atoms with Crippen LogP contribution >= 0.6 is 11.3 Å². The lowest BCUT2D eigenvalue weighted by Gasteiger charge is -2.11. The average Bonchev–Trinajstić information content (AvgIpc) is 2.98. The van der Waals surface area contributed by atoms with Crippen LogP contribution in [-0.2, 0) is 0 Å². The van der Waals surface area contributed by atoms with E-state index in [4.69, 9.17) is 0 Å². The van der Waals surface area contributed by atoms with Crippen LogP contribution in [0.3, 0.4) is 0 Å². The third kappa shape index (κ3) is 1.93. The fourth-order valence-corrected chi connectivity index (χ4v) is 3.31.